The summed E-state index contributed by atoms with van der Waals surface area (Å²) >= 11 is 0. The molecule has 52 heavy (non-hydrogen) atoms. The van der Waals surface area contributed by atoms with E-state index in [2.05, 4.69) is 144 Å². The second kappa shape index (κ2) is 11.2. The van der Waals surface area contributed by atoms with Crippen molar-refractivity contribution in [3.63, 3.8) is 0 Å². The van der Waals surface area contributed by atoms with Crippen LogP contribution in [-0.4, -0.2) is 0 Å². The standard InChI is InChI=1S/C48H29NO3/c1-3-11-30(12-4-1)32-19-22-34(23-20-32)49(35-24-26-38-37-25-21-33(31-13-5-2-6-14-31)27-44(37)50-45(38)28-35)41-29-40-36-15-7-9-17-42(36)51-47(40)46-39-16-8-10-18-43(39)52-48(41)46/h1-29H. The van der Waals surface area contributed by atoms with Crippen LogP contribution < -0.4 is 4.90 Å². The topological polar surface area (TPSA) is 42.7 Å². The van der Waals surface area contributed by atoms with E-state index in [1.54, 1.807) is 0 Å². The summed E-state index contributed by atoms with van der Waals surface area (Å²) in [6.45, 7) is 0. The molecule has 0 unspecified atom stereocenters. The fraction of sp³-hybridized carbons (Fsp3) is 0. The summed E-state index contributed by atoms with van der Waals surface area (Å²) in [6, 6.07) is 61.3. The van der Waals surface area contributed by atoms with E-state index in [0.717, 1.165) is 99.6 Å². The van der Waals surface area contributed by atoms with Crippen LogP contribution in [-0.2, 0) is 0 Å². The van der Waals surface area contributed by atoms with Gasteiger partial charge in [0.1, 0.15) is 27.9 Å². The van der Waals surface area contributed by atoms with Gasteiger partial charge in [0, 0.05) is 38.7 Å². The Kier molecular flexibility index (Phi) is 6.22. The van der Waals surface area contributed by atoms with Crippen molar-refractivity contribution in [3.8, 4) is 22.3 Å². The van der Waals surface area contributed by atoms with Crippen molar-refractivity contribution in [1.29, 1.82) is 0 Å². The van der Waals surface area contributed by atoms with Gasteiger partial charge >= 0.3 is 0 Å². The first-order valence-electron chi connectivity index (χ1n) is 17.5. The summed E-state index contributed by atoms with van der Waals surface area (Å²) in [5, 5.41) is 6.24. The first-order chi connectivity index (χ1) is 25.8. The van der Waals surface area contributed by atoms with Crippen molar-refractivity contribution in [3.05, 3.63) is 176 Å². The summed E-state index contributed by atoms with van der Waals surface area (Å²) in [7, 11) is 0. The highest BCUT2D eigenvalue weighted by Gasteiger charge is 2.25. The minimum absolute atomic E-state index is 0.761. The van der Waals surface area contributed by atoms with E-state index in [1.807, 2.05) is 36.4 Å². The molecule has 0 aliphatic heterocycles. The SMILES string of the molecule is c1ccc(-c2ccc(N(c3ccc4c(c3)oc3cc(-c5ccccc5)ccc34)c3cc4c5ccccc5oc4c4c3oc3ccccc34)cc2)cc1. The van der Waals surface area contributed by atoms with Crippen LogP contribution in [0.25, 0.3) is 88.1 Å². The minimum atomic E-state index is 0.761. The molecule has 8 aromatic carbocycles. The molecule has 244 valence electrons. The zero-order chi connectivity index (χ0) is 34.2. The van der Waals surface area contributed by atoms with Gasteiger partial charge in [0.2, 0.25) is 0 Å². The number of hydrogen-bond acceptors (Lipinski definition) is 4. The molecule has 11 rings (SSSR count). The van der Waals surface area contributed by atoms with Crippen molar-refractivity contribution in [2.75, 3.05) is 4.90 Å². The third-order valence-corrected chi connectivity index (χ3v) is 10.3. The normalized spacial score (nSPS) is 11.8. The van der Waals surface area contributed by atoms with Gasteiger partial charge in [-0.25, -0.2) is 0 Å². The number of benzene rings is 8. The van der Waals surface area contributed by atoms with Gasteiger partial charge in [-0.05, 0) is 76.9 Å². The number of para-hydroxylation sites is 2. The fourth-order valence-electron chi connectivity index (χ4n) is 7.79. The zero-order valence-corrected chi connectivity index (χ0v) is 27.9. The molecule has 0 atom stereocenters. The van der Waals surface area contributed by atoms with Gasteiger partial charge in [-0.15, -0.1) is 0 Å². The smallest absolute Gasteiger partial charge is 0.163 e. The third-order valence-electron chi connectivity index (χ3n) is 10.3. The number of furan rings is 3. The van der Waals surface area contributed by atoms with E-state index in [4.69, 9.17) is 13.3 Å². The van der Waals surface area contributed by atoms with Crippen molar-refractivity contribution >= 4 is 82.9 Å². The lowest BCUT2D eigenvalue weighted by Gasteiger charge is -2.26. The van der Waals surface area contributed by atoms with E-state index >= 15 is 0 Å². The van der Waals surface area contributed by atoms with Crippen molar-refractivity contribution in [2.45, 2.75) is 0 Å². The van der Waals surface area contributed by atoms with Gasteiger partial charge in [-0.3, -0.25) is 0 Å². The molecule has 3 aromatic heterocycles. The van der Waals surface area contributed by atoms with Crippen molar-refractivity contribution < 1.29 is 13.3 Å². The maximum absolute atomic E-state index is 6.77. The number of nitrogens with zero attached hydrogens (tertiary/aromatic N) is 1. The molecule has 3 heterocycles. The number of anilines is 3. The Morgan fingerprint density at radius 1 is 0.308 bits per heavy atom. The molecule has 0 saturated heterocycles. The predicted molar refractivity (Wildman–Crippen MR) is 214 cm³/mol. The number of hydrogen-bond donors (Lipinski definition) is 0. The Labute approximate surface area is 298 Å². The second-order valence-corrected chi connectivity index (χ2v) is 13.3. The molecule has 0 amide bonds. The molecule has 11 aromatic rings. The maximum Gasteiger partial charge on any atom is 0.163 e. The average molecular weight is 668 g/mol. The Morgan fingerprint density at radius 2 is 0.827 bits per heavy atom. The van der Waals surface area contributed by atoms with E-state index < -0.39 is 0 Å². The van der Waals surface area contributed by atoms with Crippen LogP contribution in [0.5, 0.6) is 0 Å². The Hall–Kier alpha value is -7.04. The first-order valence-corrected chi connectivity index (χ1v) is 17.5. The largest absolute Gasteiger partial charge is 0.456 e. The summed E-state index contributed by atoms with van der Waals surface area (Å²) in [4.78, 5) is 2.28. The molecule has 0 aliphatic rings. The van der Waals surface area contributed by atoms with E-state index in [-0.39, 0.29) is 0 Å². The van der Waals surface area contributed by atoms with E-state index in [1.165, 1.54) is 5.56 Å². The summed E-state index contributed by atoms with van der Waals surface area (Å²) < 4.78 is 20.0. The van der Waals surface area contributed by atoms with Crippen LogP contribution in [0.4, 0.5) is 17.1 Å². The van der Waals surface area contributed by atoms with Gasteiger partial charge in [0.15, 0.2) is 5.58 Å². The molecule has 0 saturated carbocycles. The Bertz CT molecular complexity index is 3110. The summed E-state index contributed by atoms with van der Waals surface area (Å²) in [5.41, 5.74) is 12.4. The molecule has 0 N–H and O–H groups in total. The maximum atomic E-state index is 6.77. The monoisotopic (exact) mass is 667 g/mol. The van der Waals surface area contributed by atoms with Crippen LogP contribution in [0, 0.1) is 0 Å². The van der Waals surface area contributed by atoms with Gasteiger partial charge < -0.3 is 18.2 Å². The average Bonchev–Trinajstić information content (AvgIpc) is 3.90. The highest BCUT2D eigenvalue weighted by Crippen LogP contribution is 2.48. The third kappa shape index (κ3) is 4.41. The molecule has 0 radical (unpaired) electrons. The van der Waals surface area contributed by atoms with Crippen LogP contribution in [0.3, 0.4) is 0 Å². The zero-order valence-electron chi connectivity index (χ0n) is 27.9. The van der Waals surface area contributed by atoms with E-state index in [0.29, 0.717) is 0 Å². The Balaban J connectivity index is 1.17. The minimum Gasteiger partial charge on any atom is -0.456 e. The van der Waals surface area contributed by atoms with Gasteiger partial charge in [-0.2, -0.15) is 0 Å². The van der Waals surface area contributed by atoms with E-state index in [9.17, 15) is 0 Å². The van der Waals surface area contributed by atoms with Gasteiger partial charge in [-0.1, -0.05) is 115 Å². The lowest BCUT2D eigenvalue weighted by Crippen LogP contribution is -2.10. The lowest BCUT2D eigenvalue weighted by molar-refractivity contribution is 0.662. The van der Waals surface area contributed by atoms with Gasteiger partial charge in [0.25, 0.3) is 0 Å². The summed E-state index contributed by atoms with van der Waals surface area (Å²) in [6.07, 6.45) is 0. The quantitative estimate of drug-likeness (QED) is 0.183. The molecule has 0 aliphatic carbocycles. The first kappa shape index (κ1) is 28.8. The van der Waals surface area contributed by atoms with Crippen molar-refractivity contribution in [1.82, 2.24) is 0 Å². The molecular weight excluding hydrogens is 639 g/mol. The number of fused-ring (bicyclic) bond motifs is 10. The van der Waals surface area contributed by atoms with Crippen LogP contribution in [0.1, 0.15) is 0 Å². The van der Waals surface area contributed by atoms with Crippen molar-refractivity contribution in [2.24, 2.45) is 0 Å². The fourth-order valence-corrected chi connectivity index (χ4v) is 7.79. The highest BCUT2D eigenvalue weighted by atomic mass is 16.3. The van der Waals surface area contributed by atoms with Crippen LogP contribution in [0.15, 0.2) is 189 Å². The molecule has 4 nitrogen and oxygen atoms in total. The van der Waals surface area contributed by atoms with Gasteiger partial charge in [0.05, 0.1) is 16.8 Å². The van der Waals surface area contributed by atoms with Crippen LogP contribution >= 0.6 is 0 Å². The molecular formula is C48H29NO3. The molecule has 0 spiro atoms. The lowest BCUT2D eigenvalue weighted by atomic mass is 10.0. The molecule has 4 heteroatoms. The molecule has 0 fully saturated rings. The summed E-state index contributed by atoms with van der Waals surface area (Å²) in [5.74, 6) is 0. The Morgan fingerprint density at radius 3 is 1.58 bits per heavy atom. The second-order valence-electron chi connectivity index (χ2n) is 13.3. The molecule has 0 bridgehead atoms. The van der Waals surface area contributed by atoms with Crippen LogP contribution in [0.2, 0.25) is 0 Å². The number of rotatable bonds is 5. The highest BCUT2D eigenvalue weighted by molar-refractivity contribution is 6.25. The predicted octanol–water partition coefficient (Wildman–Crippen LogP) is 14.2.